The molecule has 1 heterocycles. The van der Waals surface area contributed by atoms with Gasteiger partial charge in [0.15, 0.2) is 0 Å². The lowest BCUT2D eigenvalue weighted by atomic mass is 10.3. The van der Waals surface area contributed by atoms with E-state index < -0.39 is 0 Å². The highest BCUT2D eigenvalue weighted by Crippen LogP contribution is 2.28. The third-order valence-corrected chi connectivity index (χ3v) is 1.82. The van der Waals surface area contributed by atoms with E-state index in [0.717, 1.165) is 6.67 Å². The van der Waals surface area contributed by atoms with Crippen molar-refractivity contribution in [1.82, 2.24) is 0 Å². The van der Waals surface area contributed by atoms with Crippen molar-refractivity contribution in [2.45, 2.75) is 13.8 Å². The third-order valence-electron chi connectivity index (χ3n) is 1.82. The number of rotatable bonds is 0. The van der Waals surface area contributed by atoms with Crippen LogP contribution in [0, 0.1) is 0 Å². The molecule has 66 valence electrons. The van der Waals surface area contributed by atoms with Gasteiger partial charge in [0.25, 0.3) is 0 Å². The minimum absolute atomic E-state index is 0.930. The summed E-state index contributed by atoms with van der Waals surface area (Å²) >= 11 is 0. The van der Waals surface area contributed by atoms with E-state index in [-0.39, 0.29) is 0 Å². The summed E-state index contributed by atoms with van der Waals surface area (Å²) in [5.74, 6) is 0. The fourth-order valence-electron chi connectivity index (χ4n) is 1.24. The predicted molar refractivity (Wildman–Crippen MR) is 54.7 cm³/mol. The summed E-state index contributed by atoms with van der Waals surface area (Å²) in [5, 5.41) is 3.28. The van der Waals surface area contributed by atoms with Gasteiger partial charge < -0.3 is 10.2 Å². The van der Waals surface area contributed by atoms with Crippen LogP contribution in [-0.2, 0) is 0 Å². The van der Waals surface area contributed by atoms with Gasteiger partial charge in [-0.1, -0.05) is 26.0 Å². The maximum absolute atomic E-state index is 3.28. The molecule has 1 aromatic rings. The van der Waals surface area contributed by atoms with Crippen molar-refractivity contribution in [1.29, 1.82) is 0 Å². The molecule has 12 heavy (non-hydrogen) atoms. The first kappa shape index (κ1) is 8.91. The van der Waals surface area contributed by atoms with Crippen LogP contribution in [0.4, 0.5) is 11.4 Å². The fraction of sp³-hybridized carbons (Fsp3) is 0.400. The molecule has 0 aromatic heterocycles. The van der Waals surface area contributed by atoms with Gasteiger partial charge in [-0.2, -0.15) is 0 Å². The van der Waals surface area contributed by atoms with Crippen LogP contribution in [-0.4, -0.2) is 13.7 Å². The summed E-state index contributed by atoms with van der Waals surface area (Å²) in [6.45, 7) is 4.93. The van der Waals surface area contributed by atoms with E-state index in [1.165, 1.54) is 11.4 Å². The number of nitrogens with zero attached hydrogens (tertiary/aromatic N) is 1. The predicted octanol–water partition coefficient (Wildman–Crippen LogP) is 2.53. The minimum atomic E-state index is 0.930. The number of hydrogen-bond donors (Lipinski definition) is 1. The number of anilines is 2. The maximum atomic E-state index is 3.28. The first-order valence-electron chi connectivity index (χ1n) is 4.42. The van der Waals surface area contributed by atoms with Crippen molar-refractivity contribution in [2.75, 3.05) is 23.9 Å². The molecule has 1 aliphatic rings. The summed E-state index contributed by atoms with van der Waals surface area (Å²) < 4.78 is 0. The zero-order valence-corrected chi connectivity index (χ0v) is 7.96. The number of hydrogen-bond acceptors (Lipinski definition) is 2. The lowest BCUT2D eigenvalue weighted by molar-refractivity contribution is 1.03. The molecular weight excluding hydrogens is 148 g/mol. The Kier molecular flexibility index (Phi) is 2.97. The lowest BCUT2D eigenvalue weighted by Crippen LogP contribution is -2.15. The van der Waals surface area contributed by atoms with E-state index >= 15 is 0 Å². The Morgan fingerprint density at radius 2 is 1.92 bits per heavy atom. The van der Waals surface area contributed by atoms with Crippen molar-refractivity contribution >= 4 is 11.4 Å². The molecule has 2 heteroatoms. The number of benzene rings is 1. The Labute approximate surface area is 74.2 Å². The van der Waals surface area contributed by atoms with Gasteiger partial charge in [0.1, 0.15) is 0 Å². The second-order valence-electron chi connectivity index (χ2n) is 2.55. The van der Waals surface area contributed by atoms with E-state index in [0.29, 0.717) is 0 Å². The SMILES string of the molecule is CC.CN1CNc2ccccc21. The van der Waals surface area contributed by atoms with Crippen LogP contribution < -0.4 is 10.2 Å². The molecule has 0 unspecified atom stereocenters. The third kappa shape index (κ3) is 1.52. The molecule has 0 radical (unpaired) electrons. The molecule has 0 saturated heterocycles. The molecule has 2 nitrogen and oxygen atoms in total. The standard InChI is InChI=1S/C8H10N2.C2H6/c1-10-6-9-7-4-2-3-5-8(7)10;1-2/h2-5,9H,6H2,1H3;1-2H3. The normalized spacial score (nSPS) is 12.8. The van der Waals surface area contributed by atoms with Crippen LogP contribution in [0.3, 0.4) is 0 Å². The quantitative estimate of drug-likeness (QED) is 0.634. The molecule has 0 bridgehead atoms. The van der Waals surface area contributed by atoms with Gasteiger partial charge in [-0.25, -0.2) is 0 Å². The topological polar surface area (TPSA) is 15.3 Å². The van der Waals surface area contributed by atoms with Gasteiger partial charge in [-0.15, -0.1) is 0 Å². The molecule has 0 atom stereocenters. The largest absolute Gasteiger partial charge is 0.366 e. The molecule has 1 N–H and O–H groups in total. The highest BCUT2D eigenvalue weighted by atomic mass is 15.3. The van der Waals surface area contributed by atoms with Crippen molar-refractivity contribution in [3.63, 3.8) is 0 Å². The lowest BCUT2D eigenvalue weighted by Gasteiger charge is -2.08. The fourth-order valence-corrected chi connectivity index (χ4v) is 1.24. The first-order chi connectivity index (χ1) is 5.88. The van der Waals surface area contributed by atoms with Gasteiger partial charge >= 0.3 is 0 Å². The summed E-state index contributed by atoms with van der Waals surface area (Å²) in [5.41, 5.74) is 2.53. The number of fused-ring (bicyclic) bond motifs is 1. The highest BCUT2D eigenvalue weighted by Gasteiger charge is 2.11. The van der Waals surface area contributed by atoms with E-state index in [2.05, 4.69) is 35.5 Å². The second-order valence-corrected chi connectivity index (χ2v) is 2.55. The summed E-state index contributed by atoms with van der Waals surface area (Å²) in [6, 6.07) is 8.32. The molecule has 0 spiro atoms. The summed E-state index contributed by atoms with van der Waals surface area (Å²) in [7, 11) is 2.08. The molecular formula is C10H16N2. The van der Waals surface area contributed by atoms with Crippen LogP contribution >= 0.6 is 0 Å². The molecule has 2 rings (SSSR count). The number of para-hydroxylation sites is 2. The Morgan fingerprint density at radius 3 is 2.58 bits per heavy atom. The second kappa shape index (κ2) is 4.00. The van der Waals surface area contributed by atoms with Crippen molar-refractivity contribution in [2.24, 2.45) is 0 Å². The van der Waals surface area contributed by atoms with Gasteiger partial charge in [0.2, 0.25) is 0 Å². The smallest absolute Gasteiger partial charge is 0.0874 e. The van der Waals surface area contributed by atoms with Crippen LogP contribution in [0.25, 0.3) is 0 Å². The molecule has 1 aromatic carbocycles. The van der Waals surface area contributed by atoms with E-state index in [1.54, 1.807) is 0 Å². The minimum Gasteiger partial charge on any atom is -0.366 e. The Morgan fingerprint density at radius 1 is 1.25 bits per heavy atom. The van der Waals surface area contributed by atoms with Crippen molar-refractivity contribution in [3.05, 3.63) is 24.3 Å². The Balaban J connectivity index is 0.000000336. The number of nitrogens with one attached hydrogen (secondary N) is 1. The zero-order chi connectivity index (χ0) is 8.97. The van der Waals surface area contributed by atoms with Crippen LogP contribution in [0.5, 0.6) is 0 Å². The molecule has 0 saturated carbocycles. The highest BCUT2D eigenvalue weighted by molar-refractivity contribution is 5.73. The molecule has 0 amide bonds. The van der Waals surface area contributed by atoms with Crippen LogP contribution in [0.1, 0.15) is 13.8 Å². The van der Waals surface area contributed by atoms with Crippen LogP contribution in [0.2, 0.25) is 0 Å². The monoisotopic (exact) mass is 164 g/mol. The van der Waals surface area contributed by atoms with E-state index in [1.807, 2.05) is 19.9 Å². The Hall–Kier alpha value is -1.18. The van der Waals surface area contributed by atoms with Crippen molar-refractivity contribution in [3.8, 4) is 0 Å². The van der Waals surface area contributed by atoms with E-state index in [9.17, 15) is 0 Å². The molecule has 0 aliphatic carbocycles. The summed E-state index contributed by atoms with van der Waals surface area (Å²) in [6.07, 6.45) is 0. The maximum Gasteiger partial charge on any atom is 0.0874 e. The zero-order valence-electron chi connectivity index (χ0n) is 7.96. The van der Waals surface area contributed by atoms with Gasteiger partial charge in [-0.3, -0.25) is 0 Å². The average molecular weight is 164 g/mol. The van der Waals surface area contributed by atoms with Gasteiger partial charge in [0, 0.05) is 7.05 Å². The van der Waals surface area contributed by atoms with E-state index in [4.69, 9.17) is 0 Å². The van der Waals surface area contributed by atoms with Gasteiger partial charge in [0.05, 0.1) is 18.0 Å². The van der Waals surface area contributed by atoms with Crippen LogP contribution in [0.15, 0.2) is 24.3 Å². The summed E-state index contributed by atoms with van der Waals surface area (Å²) in [4.78, 5) is 2.19. The first-order valence-corrected chi connectivity index (χ1v) is 4.42. The van der Waals surface area contributed by atoms with Crippen molar-refractivity contribution < 1.29 is 0 Å². The van der Waals surface area contributed by atoms with Gasteiger partial charge in [-0.05, 0) is 12.1 Å². The Bertz CT molecular complexity index is 245. The average Bonchev–Trinajstić information content (AvgIpc) is 2.53. The molecule has 0 fully saturated rings. The molecule has 1 aliphatic heterocycles.